The molecule has 2 heterocycles. The second-order valence-corrected chi connectivity index (χ2v) is 5.92. The van der Waals surface area contributed by atoms with Crippen molar-refractivity contribution >= 4 is 11.8 Å². The smallest absolute Gasteiger partial charge is 0.242 e. The first-order valence-corrected chi connectivity index (χ1v) is 8.05. The van der Waals surface area contributed by atoms with Crippen LogP contribution in [0.25, 0.3) is 0 Å². The van der Waals surface area contributed by atoms with Gasteiger partial charge in [-0.25, -0.2) is 0 Å². The summed E-state index contributed by atoms with van der Waals surface area (Å²) in [6.07, 6.45) is 2.57. The van der Waals surface area contributed by atoms with Crippen molar-refractivity contribution in [3.05, 3.63) is 0 Å². The Hall–Kier alpha value is -1.14. The third-order valence-electron chi connectivity index (χ3n) is 4.24. The second kappa shape index (κ2) is 7.75. The molecular weight excluding hydrogens is 270 g/mol. The van der Waals surface area contributed by atoms with Gasteiger partial charge in [-0.1, -0.05) is 6.92 Å². The molecular formula is C15H27N3O3. The van der Waals surface area contributed by atoms with E-state index in [9.17, 15) is 9.59 Å². The Morgan fingerprint density at radius 1 is 1.43 bits per heavy atom. The molecule has 6 heteroatoms. The van der Waals surface area contributed by atoms with E-state index < -0.39 is 0 Å². The van der Waals surface area contributed by atoms with Gasteiger partial charge in [-0.05, 0) is 26.2 Å². The SMILES string of the molecule is CCCNC(=O)C1CCCN(C(=O)[C@H]2NCCO[C@@H]2C)C1. The molecule has 2 fully saturated rings. The van der Waals surface area contributed by atoms with Crippen molar-refractivity contribution in [3.63, 3.8) is 0 Å². The van der Waals surface area contributed by atoms with E-state index in [1.54, 1.807) is 0 Å². The van der Waals surface area contributed by atoms with Crippen LogP contribution in [-0.2, 0) is 14.3 Å². The summed E-state index contributed by atoms with van der Waals surface area (Å²) >= 11 is 0. The minimum Gasteiger partial charge on any atom is -0.375 e. The van der Waals surface area contributed by atoms with Gasteiger partial charge in [-0.15, -0.1) is 0 Å². The fraction of sp³-hybridized carbons (Fsp3) is 0.867. The highest BCUT2D eigenvalue weighted by atomic mass is 16.5. The zero-order valence-corrected chi connectivity index (χ0v) is 13.1. The quantitative estimate of drug-likeness (QED) is 0.774. The Morgan fingerprint density at radius 3 is 2.95 bits per heavy atom. The molecule has 6 nitrogen and oxygen atoms in total. The van der Waals surface area contributed by atoms with Crippen molar-refractivity contribution in [2.45, 2.75) is 45.3 Å². The maximum absolute atomic E-state index is 12.6. The summed E-state index contributed by atoms with van der Waals surface area (Å²) < 4.78 is 5.54. The van der Waals surface area contributed by atoms with Crippen molar-refractivity contribution in [1.82, 2.24) is 15.5 Å². The largest absolute Gasteiger partial charge is 0.375 e. The highest BCUT2D eigenvalue weighted by Gasteiger charge is 2.35. The maximum atomic E-state index is 12.6. The van der Waals surface area contributed by atoms with Crippen LogP contribution in [0.15, 0.2) is 0 Å². The molecule has 1 unspecified atom stereocenters. The summed E-state index contributed by atoms with van der Waals surface area (Å²) in [7, 11) is 0. The molecule has 3 atom stereocenters. The summed E-state index contributed by atoms with van der Waals surface area (Å²) in [6, 6.07) is -0.281. The number of rotatable bonds is 4. The molecule has 0 aromatic rings. The van der Waals surface area contributed by atoms with Crippen molar-refractivity contribution in [2.24, 2.45) is 5.92 Å². The number of ether oxygens (including phenoxy) is 1. The average molecular weight is 297 g/mol. The molecule has 2 aliphatic heterocycles. The van der Waals surface area contributed by atoms with E-state index in [-0.39, 0.29) is 29.9 Å². The minimum absolute atomic E-state index is 0.0650. The zero-order valence-electron chi connectivity index (χ0n) is 13.1. The summed E-state index contributed by atoms with van der Waals surface area (Å²) in [5.41, 5.74) is 0. The van der Waals surface area contributed by atoms with Crippen LogP contribution in [0.4, 0.5) is 0 Å². The van der Waals surface area contributed by atoms with Gasteiger partial charge in [0, 0.05) is 26.2 Å². The van der Waals surface area contributed by atoms with Gasteiger partial charge in [-0.2, -0.15) is 0 Å². The molecule has 0 aromatic carbocycles. The van der Waals surface area contributed by atoms with E-state index in [0.717, 1.165) is 25.8 Å². The lowest BCUT2D eigenvalue weighted by Crippen LogP contribution is -2.58. The van der Waals surface area contributed by atoms with Crippen molar-refractivity contribution in [1.29, 1.82) is 0 Å². The summed E-state index contributed by atoms with van der Waals surface area (Å²) in [6.45, 7) is 7.28. The van der Waals surface area contributed by atoms with Crippen molar-refractivity contribution < 1.29 is 14.3 Å². The van der Waals surface area contributed by atoms with Gasteiger partial charge in [0.25, 0.3) is 0 Å². The predicted octanol–water partition coefficient (Wildman–Crippen LogP) is 0.128. The number of amides is 2. The summed E-state index contributed by atoms with van der Waals surface area (Å²) in [4.78, 5) is 26.5. The number of piperidine rings is 1. The van der Waals surface area contributed by atoms with Crippen LogP contribution in [0.1, 0.15) is 33.1 Å². The Morgan fingerprint density at radius 2 is 2.24 bits per heavy atom. The molecule has 2 saturated heterocycles. The molecule has 2 amide bonds. The normalized spacial score (nSPS) is 30.0. The first-order valence-electron chi connectivity index (χ1n) is 8.05. The third kappa shape index (κ3) is 4.17. The maximum Gasteiger partial charge on any atom is 0.242 e. The van der Waals surface area contributed by atoms with E-state index in [1.807, 2.05) is 18.7 Å². The standard InChI is InChI=1S/C15H27N3O3/c1-3-6-17-14(19)12-5-4-8-18(10-12)15(20)13-11(2)21-9-7-16-13/h11-13,16H,3-10H2,1-2H3,(H,17,19)/t11-,12?,13+/m1/s1. The number of morpholine rings is 1. The van der Waals surface area contributed by atoms with Gasteiger partial charge in [0.15, 0.2) is 0 Å². The first kappa shape index (κ1) is 16.2. The lowest BCUT2D eigenvalue weighted by Gasteiger charge is -2.37. The van der Waals surface area contributed by atoms with Crippen LogP contribution < -0.4 is 10.6 Å². The number of hydrogen-bond donors (Lipinski definition) is 2. The Kier molecular flexibility index (Phi) is 5.99. The van der Waals surface area contributed by atoms with E-state index in [0.29, 0.717) is 26.2 Å². The number of hydrogen-bond acceptors (Lipinski definition) is 4. The number of nitrogens with one attached hydrogen (secondary N) is 2. The topological polar surface area (TPSA) is 70.7 Å². The van der Waals surface area contributed by atoms with Gasteiger partial charge in [0.05, 0.1) is 18.6 Å². The monoisotopic (exact) mass is 297 g/mol. The van der Waals surface area contributed by atoms with Gasteiger partial charge in [-0.3, -0.25) is 9.59 Å². The van der Waals surface area contributed by atoms with Crippen molar-refractivity contribution in [2.75, 3.05) is 32.8 Å². The molecule has 2 rings (SSSR count). The molecule has 0 aromatic heterocycles. The molecule has 0 spiro atoms. The van der Waals surface area contributed by atoms with Crippen LogP contribution in [-0.4, -0.2) is 61.6 Å². The fourth-order valence-electron chi connectivity index (χ4n) is 2.99. The Balaban J connectivity index is 1.90. The lowest BCUT2D eigenvalue weighted by molar-refractivity contribution is -0.142. The lowest BCUT2D eigenvalue weighted by atomic mass is 9.96. The molecule has 2 aliphatic rings. The third-order valence-corrected chi connectivity index (χ3v) is 4.24. The van der Waals surface area contributed by atoms with Gasteiger partial charge in [0.1, 0.15) is 6.04 Å². The van der Waals surface area contributed by atoms with Crippen molar-refractivity contribution in [3.8, 4) is 0 Å². The van der Waals surface area contributed by atoms with Gasteiger partial charge >= 0.3 is 0 Å². The molecule has 0 saturated carbocycles. The highest BCUT2D eigenvalue weighted by molar-refractivity contribution is 5.84. The van der Waals surface area contributed by atoms with Crippen LogP contribution in [0.5, 0.6) is 0 Å². The fourth-order valence-corrected chi connectivity index (χ4v) is 2.99. The first-order chi connectivity index (χ1) is 10.1. The number of carbonyl (C=O) groups excluding carboxylic acids is 2. The molecule has 0 bridgehead atoms. The minimum atomic E-state index is -0.281. The number of carbonyl (C=O) groups is 2. The molecule has 21 heavy (non-hydrogen) atoms. The van der Waals surface area contributed by atoms with E-state index in [1.165, 1.54) is 0 Å². The predicted molar refractivity (Wildman–Crippen MR) is 79.8 cm³/mol. The zero-order chi connectivity index (χ0) is 15.2. The van der Waals surface area contributed by atoms with E-state index in [2.05, 4.69) is 10.6 Å². The summed E-state index contributed by atoms with van der Waals surface area (Å²) in [5.74, 6) is 0.0690. The molecule has 0 aliphatic carbocycles. The van der Waals surface area contributed by atoms with Crippen LogP contribution in [0.3, 0.4) is 0 Å². The molecule has 120 valence electrons. The average Bonchev–Trinajstić information content (AvgIpc) is 2.52. The van der Waals surface area contributed by atoms with Crippen LogP contribution >= 0.6 is 0 Å². The molecule has 0 radical (unpaired) electrons. The van der Waals surface area contributed by atoms with Gasteiger partial charge < -0.3 is 20.3 Å². The Bertz CT molecular complexity index is 375. The van der Waals surface area contributed by atoms with E-state index in [4.69, 9.17) is 4.74 Å². The van der Waals surface area contributed by atoms with E-state index >= 15 is 0 Å². The van der Waals surface area contributed by atoms with Crippen LogP contribution in [0, 0.1) is 5.92 Å². The summed E-state index contributed by atoms with van der Waals surface area (Å²) in [5, 5.41) is 6.16. The Labute approximate surface area is 126 Å². The highest BCUT2D eigenvalue weighted by Crippen LogP contribution is 2.19. The number of likely N-dealkylation sites (tertiary alicyclic amines) is 1. The van der Waals surface area contributed by atoms with Crippen LogP contribution in [0.2, 0.25) is 0 Å². The number of nitrogens with zero attached hydrogens (tertiary/aromatic N) is 1. The molecule has 2 N–H and O–H groups in total. The van der Waals surface area contributed by atoms with Gasteiger partial charge in [0.2, 0.25) is 11.8 Å². The second-order valence-electron chi connectivity index (χ2n) is 5.92.